The molecular weight excluding hydrogens is 282 g/mol. The highest BCUT2D eigenvalue weighted by Crippen LogP contribution is 2.32. The second-order valence-corrected chi connectivity index (χ2v) is 4.45. The van der Waals surface area contributed by atoms with Crippen LogP contribution in [-0.2, 0) is 0 Å². The van der Waals surface area contributed by atoms with Crippen molar-refractivity contribution >= 4 is 11.7 Å². The summed E-state index contributed by atoms with van der Waals surface area (Å²) in [5.74, 6) is 1.30. The van der Waals surface area contributed by atoms with E-state index in [4.69, 9.17) is 9.47 Å². The Morgan fingerprint density at radius 2 is 1.86 bits per heavy atom. The lowest BCUT2D eigenvalue weighted by molar-refractivity contribution is -0.212. The Labute approximate surface area is 127 Å². The van der Waals surface area contributed by atoms with Crippen molar-refractivity contribution in [3.05, 3.63) is 58.9 Å². The highest BCUT2D eigenvalue weighted by Gasteiger charge is 2.12. The molecule has 0 bridgehead atoms. The quantitative estimate of drug-likeness (QED) is 0.522. The number of hydrazone groups is 1. The minimum atomic E-state index is -0.668. The molecule has 6 nitrogen and oxygen atoms in total. The third-order valence-corrected chi connectivity index (χ3v) is 2.88. The van der Waals surface area contributed by atoms with Gasteiger partial charge in [0, 0.05) is 6.07 Å². The van der Waals surface area contributed by atoms with Crippen molar-refractivity contribution in [2.75, 3.05) is 18.6 Å². The maximum absolute atomic E-state index is 11.6. The van der Waals surface area contributed by atoms with E-state index >= 15 is 0 Å². The molecule has 6 heteroatoms. The van der Waals surface area contributed by atoms with E-state index in [0.717, 1.165) is 0 Å². The number of fused-ring (bicyclic) bond motifs is 1. The molecule has 0 aromatic heterocycles. The minimum Gasteiger partial charge on any atom is -0.791 e. The highest BCUT2D eigenvalue weighted by atomic mass is 16.6. The van der Waals surface area contributed by atoms with E-state index in [-0.39, 0.29) is 0 Å². The molecule has 0 atom stereocenters. The van der Waals surface area contributed by atoms with Gasteiger partial charge in [-0.05, 0) is 24.3 Å². The largest absolute Gasteiger partial charge is 0.791 e. The van der Waals surface area contributed by atoms with Crippen LogP contribution in [0.4, 0.5) is 5.69 Å². The van der Waals surface area contributed by atoms with Crippen LogP contribution < -0.4 is 20.0 Å². The molecule has 22 heavy (non-hydrogen) atoms. The van der Waals surface area contributed by atoms with Crippen molar-refractivity contribution in [3.8, 4) is 17.6 Å². The van der Waals surface area contributed by atoms with E-state index in [9.17, 15) is 5.11 Å². The van der Waals surface area contributed by atoms with Crippen molar-refractivity contribution in [2.45, 2.75) is 0 Å². The van der Waals surface area contributed by atoms with Gasteiger partial charge in [0.1, 0.15) is 13.2 Å². The molecule has 110 valence electrons. The second kappa shape index (κ2) is 6.50. The molecule has 0 radical (unpaired) electrons. The first-order chi connectivity index (χ1) is 10.8. The maximum Gasteiger partial charge on any atom is 0.406 e. The van der Waals surface area contributed by atoms with Gasteiger partial charge < -0.3 is 14.6 Å². The first kappa shape index (κ1) is 13.8. The first-order valence-corrected chi connectivity index (χ1v) is 6.73. The number of anilines is 1. The number of rotatable bonds is 2. The Kier molecular flexibility index (Phi) is 4.07. The van der Waals surface area contributed by atoms with E-state index < -0.39 is 6.02 Å². The molecule has 2 aromatic rings. The van der Waals surface area contributed by atoms with Gasteiger partial charge in [0.05, 0.1) is 16.4 Å². The molecule has 0 spiro atoms. The average Bonchev–Trinajstić information content (AvgIpc) is 2.59. The summed E-state index contributed by atoms with van der Waals surface area (Å²) in [6, 6.07) is 16.3. The summed E-state index contributed by atoms with van der Waals surface area (Å²) in [5.41, 5.74) is 3.97. The van der Waals surface area contributed by atoms with Crippen molar-refractivity contribution in [2.24, 2.45) is 5.10 Å². The van der Waals surface area contributed by atoms with Gasteiger partial charge in [0.2, 0.25) is 0 Å². The van der Waals surface area contributed by atoms with Crippen LogP contribution in [0.15, 0.2) is 53.6 Å². The number of benzene rings is 2. The number of ether oxygens (including phenoxy) is 2. The summed E-state index contributed by atoms with van der Waals surface area (Å²) in [7, 11) is 0. The predicted molar refractivity (Wildman–Crippen MR) is 81.3 cm³/mol. The highest BCUT2D eigenvalue weighted by molar-refractivity contribution is 5.81. The zero-order valence-electron chi connectivity index (χ0n) is 11.7. The fourth-order valence-corrected chi connectivity index (χ4v) is 1.88. The van der Waals surface area contributed by atoms with Gasteiger partial charge in [0.15, 0.2) is 17.6 Å². The number of hydrogen-bond donors (Lipinski definition) is 1. The zero-order chi connectivity index (χ0) is 15.2. The number of amidine groups is 1. The molecule has 1 aliphatic rings. The Morgan fingerprint density at radius 1 is 1.09 bits per heavy atom. The summed E-state index contributed by atoms with van der Waals surface area (Å²) in [4.78, 5) is 3.62. The topological polar surface area (TPSA) is 70.3 Å². The molecule has 3 rings (SSSR count). The molecule has 0 aliphatic carbocycles. The maximum atomic E-state index is 11.6. The summed E-state index contributed by atoms with van der Waals surface area (Å²) >= 11 is 0. The molecule has 1 heterocycles. The van der Waals surface area contributed by atoms with Crippen LogP contribution in [-0.4, -0.2) is 19.2 Å². The van der Waals surface area contributed by atoms with Gasteiger partial charge in [-0.2, -0.15) is 10.3 Å². The summed E-state index contributed by atoms with van der Waals surface area (Å²) in [6.07, 6.45) is 0. The second-order valence-electron chi connectivity index (χ2n) is 4.45. The molecule has 0 saturated heterocycles. The minimum absolute atomic E-state index is 0.503. The van der Waals surface area contributed by atoms with Gasteiger partial charge in [-0.3, -0.25) is 0 Å². The lowest BCUT2D eigenvalue weighted by atomic mass is 10.2. The van der Waals surface area contributed by atoms with Crippen molar-refractivity contribution in [3.63, 3.8) is 0 Å². The molecule has 0 amide bonds. The SMILES string of the molecule is [O-]C(=NNc1ccc2c(c1)OCCO2)[N+]#Cc1ccccc1. The third-order valence-electron chi connectivity index (χ3n) is 2.88. The van der Waals surface area contributed by atoms with Crippen LogP contribution in [0, 0.1) is 6.07 Å². The number of hydrogen-bond acceptors (Lipinski definition) is 5. The molecule has 1 N–H and O–H groups in total. The van der Waals surface area contributed by atoms with E-state index in [2.05, 4.69) is 21.4 Å². The van der Waals surface area contributed by atoms with Gasteiger partial charge in [-0.1, -0.05) is 18.2 Å². The van der Waals surface area contributed by atoms with Gasteiger partial charge >= 0.3 is 6.02 Å². The lowest BCUT2D eigenvalue weighted by Gasteiger charge is -2.18. The fraction of sp³-hybridized carbons (Fsp3) is 0.125. The number of nitrogens with zero attached hydrogens (tertiary/aromatic N) is 2. The van der Waals surface area contributed by atoms with Crippen molar-refractivity contribution in [1.82, 2.24) is 0 Å². The summed E-state index contributed by atoms with van der Waals surface area (Å²) in [5, 5.41) is 15.2. The van der Waals surface area contributed by atoms with Crippen LogP contribution in [0.25, 0.3) is 4.85 Å². The molecule has 0 fully saturated rings. The first-order valence-electron chi connectivity index (χ1n) is 6.73. The Bertz CT molecular complexity index is 748. The van der Waals surface area contributed by atoms with Crippen LogP contribution in [0.2, 0.25) is 0 Å². The van der Waals surface area contributed by atoms with Crippen LogP contribution in [0.1, 0.15) is 5.56 Å². The predicted octanol–water partition coefficient (Wildman–Crippen LogP) is 1.88. The fourth-order valence-electron chi connectivity index (χ4n) is 1.88. The van der Waals surface area contributed by atoms with Crippen LogP contribution >= 0.6 is 0 Å². The van der Waals surface area contributed by atoms with E-state index in [1.54, 1.807) is 30.3 Å². The molecule has 1 aliphatic heterocycles. The lowest BCUT2D eigenvalue weighted by Crippen LogP contribution is -2.16. The normalized spacial score (nSPS) is 13.0. The van der Waals surface area contributed by atoms with Crippen LogP contribution in [0.3, 0.4) is 0 Å². The van der Waals surface area contributed by atoms with Crippen molar-refractivity contribution < 1.29 is 14.6 Å². The average molecular weight is 295 g/mol. The molecule has 0 unspecified atom stereocenters. The molecule has 0 saturated carbocycles. The number of nitrogens with one attached hydrogen (secondary N) is 1. The Morgan fingerprint density at radius 3 is 2.68 bits per heavy atom. The van der Waals surface area contributed by atoms with E-state index in [1.165, 1.54) is 0 Å². The molecule has 2 aromatic carbocycles. The van der Waals surface area contributed by atoms with Crippen LogP contribution in [0.5, 0.6) is 11.5 Å². The summed E-state index contributed by atoms with van der Waals surface area (Å²) < 4.78 is 10.9. The standard InChI is InChI=1S/C16H13N3O3/c20-16(17-11-12-4-2-1-3-5-12)19-18-13-6-7-14-15(10-13)22-9-8-21-14/h1-7,10,18H,8-9H2. The van der Waals surface area contributed by atoms with E-state index in [0.29, 0.717) is 36.0 Å². The summed E-state index contributed by atoms with van der Waals surface area (Å²) in [6.45, 7) is 1.04. The molecular formula is C16H13N3O3. The third kappa shape index (κ3) is 3.46. The Balaban J connectivity index is 1.67. The monoisotopic (exact) mass is 295 g/mol. The van der Waals surface area contributed by atoms with Crippen molar-refractivity contribution in [1.29, 1.82) is 0 Å². The van der Waals surface area contributed by atoms with Gasteiger partial charge in [0.25, 0.3) is 0 Å². The van der Waals surface area contributed by atoms with E-state index in [1.807, 2.05) is 18.2 Å². The smallest absolute Gasteiger partial charge is 0.406 e. The van der Waals surface area contributed by atoms with Gasteiger partial charge in [-0.15, -0.1) is 0 Å². The zero-order valence-corrected chi connectivity index (χ0v) is 11.7. The Hall–Kier alpha value is -3.20. The van der Waals surface area contributed by atoms with Gasteiger partial charge in [-0.25, -0.2) is 0 Å².